The summed E-state index contributed by atoms with van der Waals surface area (Å²) < 4.78 is 5.53. The zero-order valence-corrected chi connectivity index (χ0v) is 14.5. The van der Waals surface area contributed by atoms with Crippen LogP contribution in [0.3, 0.4) is 0 Å². The first-order valence-corrected chi connectivity index (χ1v) is 8.62. The number of hydrogen-bond donors (Lipinski definition) is 1. The van der Waals surface area contributed by atoms with Crippen molar-refractivity contribution in [2.75, 3.05) is 0 Å². The van der Waals surface area contributed by atoms with Crippen molar-refractivity contribution in [3.8, 4) is 0 Å². The highest BCUT2D eigenvalue weighted by Gasteiger charge is 2.90. The van der Waals surface area contributed by atoms with Crippen molar-refractivity contribution in [1.29, 1.82) is 0 Å². The second-order valence-corrected chi connectivity index (χ2v) is 8.35. The van der Waals surface area contributed by atoms with Crippen molar-refractivity contribution < 1.29 is 19.4 Å². The number of ketones is 1. The van der Waals surface area contributed by atoms with E-state index in [4.69, 9.17) is 4.74 Å². The summed E-state index contributed by atoms with van der Waals surface area (Å²) in [4.78, 5) is 25.9. The molecule has 1 spiro atoms. The standard InChI is InChI=1S/C20H24O4/c1-10(2)13-7-6-11(3)15-14(13)8-12(4)16(21)19-9-18(19,5)24-17(22)20(15,19)23/h8,13-15,23H,1,3,6-7,9H2,2,4-5H3/t13-,14-,15-,18+,19+,20-/m1/s1. The molecule has 4 heteroatoms. The predicted octanol–water partition coefficient (Wildman–Crippen LogP) is 2.73. The molecular weight excluding hydrogens is 304 g/mol. The molecule has 1 N–H and O–H groups in total. The summed E-state index contributed by atoms with van der Waals surface area (Å²) >= 11 is 0. The molecule has 2 saturated carbocycles. The lowest BCUT2D eigenvalue weighted by atomic mass is 9.59. The Bertz CT molecular complexity index is 747. The molecule has 3 fully saturated rings. The molecule has 1 heterocycles. The summed E-state index contributed by atoms with van der Waals surface area (Å²) in [5.41, 5.74) is -1.40. The van der Waals surface area contributed by atoms with Crippen LogP contribution in [-0.4, -0.2) is 28.1 Å². The first-order chi connectivity index (χ1) is 11.1. The van der Waals surface area contributed by atoms with Gasteiger partial charge in [-0.2, -0.15) is 0 Å². The van der Waals surface area contributed by atoms with Gasteiger partial charge in [0.05, 0.1) is 0 Å². The summed E-state index contributed by atoms with van der Waals surface area (Å²) in [6, 6.07) is 0. The van der Waals surface area contributed by atoms with Gasteiger partial charge in [-0.25, -0.2) is 4.79 Å². The first kappa shape index (κ1) is 15.8. The minimum absolute atomic E-state index is 0.126. The minimum atomic E-state index is -1.82. The Hall–Kier alpha value is -1.68. The number of aliphatic hydroxyl groups is 1. The average Bonchev–Trinajstić information content (AvgIpc) is 3.08. The van der Waals surface area contributed by atoms with Gasteiger partial charge in [0.15, 0.2) is 11.4 Å². The van der Waals surface area contributed by atoms with Crippen LogP contribution < -0.4 is 0 Å². The summed E-state index contributed by atoms with van der Waals surface area (Å²) in [7, 11) is 0. The molecule has 4 rings (SSSR count). The number of ether oxygens (including phenoxy) is 1. The van der Waals surface area contributed by atoms with Gasteiger partial charge in [0.2, 0.25) is 0 Å². The van der Waals surface area contributed by atoms with Gasteiger partial charge >= 0.3 is 5.97 Å². The molecular formula is C20H24O4. The second kappa shape index (κ2) is 4.29. The molecule has 1 aliphatic heterocycles. The van der Waals surface area contributed by atoms with Crippen LogP contribution in [-0.2, 0) is 14.3 Å². The highest BCUT2D eigenvalue weighted by atomic mass is 16.6. The third kappa shape index (κ3) is 1.45. The van der Waals surface area contributed by atoms with Crippen LogP contribution in [0.15, 0.2) is 36.0 Å². The van der Waals surface area contributed by atoms with Gasteiger partial charge in [-0.15, -0.1) is 0 Å². The number of hydrogen-bond acceptors (Lipinski definition) is 4. The maximum Gasteiger partial charge on any atom is 0.340 e. The van der Waals surface area contributed by atoms with E-state index in [0.717, 1.165) is 24.0 Å². The van der Waals surface area contributed by atoms with Crippen molar-refractivity contribution >= 4 is 11.8 Å². The molecule has 0 radical (unpaired) electrons. The van der Waals surface area contributed by atoms with Crippen LogP contribution in [0.5, 0.6) is 0 Å². The van der Waals surface area contributed by atoms with E-state index in [0.29, 0.717) is 12.0 Å². The third-order valence-corrected chi connectivity index (χ3v) is 7.00. The smallest absolute Gasteiger partial charge is 0.340 e. The number of carbonyl (C=O) groups is 2. The van der Waals surface area contributed by atoms with E-state index >= 15 is 0 Å². The lowest BCUT2D eigenvalue weighted by Crippen LogP contribution is -2.57. The maximum absolute atomic E-state index is 13.2. The zero-order chi connectivity index (χ0) is 17.7. The fraction of sp³-hybridized carbons (Fsp3) is 0.600. The van der Waals surface area contributed by atoms with Crippen LogP contribution in [0.1, 0.15) is 40.0 Å². The van der Waals surface area contributed by atoms with Crippen LogP contribution in [0.25, 0.3) is 0 Å². The van der Waals surface area contributed by atoms with Crippen molar-refractivity contribution in [1.82, 2.24) is 0 Å². The number of fused-ring (bicyclic) bond motifs is 2. The predicted molar refractivity (Wildman–Crippen MR) is 88.9 cm³/mol. The summed E-state index contributed by atoms with van der Waals surface area (Å²) in [5, 5.41) is 11.7. The van der Waals surface area contributed by atoms with Crippen molar-refractivity contribution in [3.63, 3.8) is 0 Å². The Morgan fingerprint density at radius 3 is 2.71 bits per heavy atom. The monoisotopic (exact) mass is 328 g/mol. The van der Waals surface area contributed by atoms with Gasteiger partial charge in [-0.05, 0) is 51.0 Å². The maximum atomic E-state index is 13.2. The second-order valence-electron chi connectivity index (χ2n) is 8.35. The van der Waals surface area contributed by atoms with E-state index in [1.165, 1.54) is 0 Å². The lowest BCUT2D eigenvalue weighted by Gasteiger charge is -2.45. The molecule has 4 nitrogen and oxygen atoms in total. The molecule has 0 amide bonds. The molecule has 0 bridgehead atoms. The minimum Gasteiger partial charge on any atom is -0.456 e. The normalized spacial score (nSPS) is 49.4. The van der Waals surface area contributed by atoms with E-state index in [2.05, 4.69) is 13.2 Å². The summed E-state index contributed by atoms with van der Waals surface area (Å²) in [5.74, 6) is -1.33. The van der Waals surface area contributed by atoms with Crippen molar-refractivity contribution in [2.24, 2.45) is 23.2 Å². The van der Waals surface area contributed by atoms with Crippen LogP contribution in [0.4, 0.5) is 0 Å². The zero-order valence-electron chi connectivity index (χ0n) is 14.5. The van der Waals surface area contributed by atoms with Crippen LogP contribution in [0, 0.1) is 23.2 Å². The Morgan fingerprint density at radius 1 is 1.42 bits per heavy atom. The molecule has 0 aromatic heterocycles. The van der Waals surface area contributed by atoms with Gasteiger partial charge in [-0.1, -0.05) is 30.4 Å². The Morgan fingerprint density at radius 2 is 2.08 bits per heavy atom. The van der Waals surface area contributed by atoms with Crippen LogP contribution >= 0.6 is 0 Å². The number of rotatable bonds is 1. The highest BCUT2D eigenvalue weighted by Crippen LogP contribution is 2.75. The molecule has 0 unspecified atom stereocenters. The van der Waals surface area contributed by atoms with E-state index in [-0.39, 0.29) is 17.6 Å². The fourth-order valence-corrected chi connectivity index (χ4v) is 5.72. The Labute approximate surface area is 142 Å². The molecule has 24 heavy (non-hydrogen) atoms. The number of carbonyl (C=O) groups excluding carboxylic acids is 2. The molecule has 3 aliphatic carbocycles. The lowest BCUT2D eigenvalue weighted by molar-refractivity contribution is -0.171. The SMILES string of the molecule is C=C(C)[C@H]1CCC(=C)[C@@H]2[C@@H]1C=C(C)C(=O)[C@@]13C[C@]1(C)OC(=O)[C@]23O. The van der Waals surface area contributed by atoms with Gasteiger partial charge in [0, 0.05) is 12.3 Å². The Kier molecular flexibility index (Phi) is 2.83. The molecule has 0 aromatic rings. The number of Topliss-reactive ketones (excluding diaryl/α,β-unsaturated/α-hetero) is 1. The van der Waals surface area contributed by atoms with E-state index < -0.39 is 28.5 Å². The largest absolute Gasteiger partial charge is 0.456 e. The van der Waals surface area contributed by atoms with Crippen LogP contribution in [0.2, 0.25) is 0 Å². The molecule has 0 aromatic carbocycles. The summed E-state index contributed by atoms with van der Waals surface area (Å²) in [6.45, 7) is 13.8. The van der Waals surface area contributed by atoms with E-state index in [9.17, 15) is 14.7 Å². The first-order valence-electron chi connectivity index (χ1n) is 8.62. The van der Waals surface area contributed by atoms with Gasteiger partial charge in [0.25, 0.3) is 0 Å². The van der Waals surface area contributed by atoms with Gasteiger partial charge in [0.1, 0.15) is 11.0 Å². The number of esters is 1. The molecule has 1 saturated heterocycles. The Balaban J connectivity index is 1.97. The molecule has 4 aliphatic rings. The van der Waals surface area contributed by atoms with Gasteiger partial charge in [-0.3, -0.25) is 4.79 Å². The fourth-order valence-electron chi connectivity index (χ4n) is 5.72. The van der Waals surface area contributed by atoms with Crippen molar-refractivity contribution in [2.45, 2.75) is 51.2 Å². The third-order valence-electron chi connectivity index (χ3n) is 7.00. The quantitative estimate of drug-likeness (QED) is 0.594. The molecule has 6 atom stereocenters. The summed E-state index contributed by atoms with van der Waals surface area (Å²) in [6.07, 6.45) is 3.94. The molecule has 128 valence electrons. The van der Waals surface area contributed by atoms with E-state index in [1.54, 1.807) is 13.8 Å². The van der Waals surface area contributed by atoms with E-state index in [1.807, 2.05) is 13.0 Å². The topological polar surface area (TPSA) is 63.6 Å². The highest BCUT2D eigenvalue weighted by molar-refractivity contribution is 6.10. The average molecular weight is 328 g/mol. The van der Waals surface area contributed by atoms with Gasteiger partial charge < -0.3 is 9.84 Å². The number of allylic oxidation sites excluding steroid dienone is 3. The van der Waals surface area contributed by atoms with Crippen molar-refractivity contribution in [3.05, 3.63) is 36.0 Å².